The van der Waals surface area contributed by atoms with Gasteiger partial charge in [0.25, 0.3) is 0 Å². The molecule has 1 aliphatic rings. The summed E-state index contributed by atoms with van der Waals surface area (Å²) in [6.45, 7) is 4.44. The third-order valence-electron chi connectivity index (χ3n) is 3.18. The number of hydrogen-bond donors (Lipinski definition) is 1. The lowest BCUT2D eigenvalue weighted by atomic mass is 10.1. The monoisotopic (exact) mass is 347 g/mol. The van der Waals surface area contributed by atoms with Gasteiger partial charge in [-0.1, -0.05) is 15.9 Å². The Balaban J connectivity index is 2.15. The predicted octanol–water partition coefficient (Wildman–Crippen LogP) is 2.99. The molecule has 2 rings (SSSR count). The zero-order valence-corrected chi connectivity index (χ0v) is 13.5. The number of anilines is 1. The van der Waals surface area contributed by atoms with Crippen LogP contribution in [0.5, 0.6) is 0 Å². The molecule has 4 nitrogen and oxygen atoms in total. The first-order valence-electron chi connectivity index (χ1n) is 6.26. The normalized spacial score (nSPS) is 19.6. The molecule has 106 valence electrons. The number of nitrogens with one attached hydrogen (secondary N) is 1. The van der Waals surface area contributed by atoms with Gasteiger partial charge >= 0.3 is 0 Å². The minimum atomic E-state index is -3.37. The first kappa shape index (κ1) is 14.8. The van der Waals surface area contributed by atoms with E-state index in [0.717, 1.165) is 28.4 Å². The largest absolute Gasteiger partial charge is 0.377 e. The van der Waals surface area contributed by atoms with Gasteiger partial charge < -0.3 is 4.74 Å². The van der Waals surface area contributed by atoms with Gasteiger partial charge in [-0.25, -0.2) is 8.42 Å². The van der Waals surface area contributed by atoms with Gasteiger partial charge in [-0.2, -0.15) is 0 Å². The van der Waals surface area contributed by atoms with Crippen LogP contribution in [0.15, 0.2) is 16.6 Å². The smallest absolute Gasteiger partial charge is 0.235 e. The van der Waals surface area contributed by atoms with E-state index < -0.39 is 10.0 Å². The molecule has 1 saturated heterocycles. The fourth-order valence-corrected chi connectivity index (χ4v) is 4.44. The second kappa shape index (κ2) is 5.81. The number of benzene rings is 1. The molecular weight excluding hydrogens is 330 g/mol. The van der Waals surface area contributed by atoms with Crippen molar-refractivity contribution in [1.82, 2.24) is 0 Å². The Morgan fingerprint density at radius 2 is 2.00 bits per heavy atom. The van der Waals surface area contributed by atoms with E-state index in [-0.39, 0.29) is 11.9 Å². The zero-order chi connectivity index (χ0) is 14.0. The Morgan fingerprint density at radius 1 is 1.37 bits per heavy atom. The standard InChI is InChI=1S/C13H18BrNO3S/c1-9-6-11(14)7-10(2)13(9)15-19(16,17)8-12-4-3-5-18-12/h6-7,12,15H,3-5,8H2,1-2H3. The van der Waals surface area contributed by atoms with Crippen molar-refractivity contribution in [3.8, 4) is 0 Å². The Bertz CT molecular complexity index is 542. The molecule has 1 aliphatic heterocycles. The molecule has 1 unspecified atom stereocenters. The zero-order valence-electron chi connectivity index (χ0n) is 11.1. The first-order chi connectivity index (χ1) is 8.87. The van der Waals surface area contributed by atoms with Crippen LogP contribution in [-0.2, 0) is 14.8 Å². The SMILES string of the molecule is Cc1cc(Br)cc(C)c1NS(=O)(=O)CC1CCCO1. The molecule has 0 aliphatic carbocycles. The molecule has 0 aromatic heterocycles. The maximum absolute atomic E-state index is 12.1. The fraction of sp³-hybridized carbons (Fsp3) is 0.538. The second-order valence-corrected chi connectivity index (χ2v) is 7.62. The van der Waals surface area contributed by atoms with Crippen LogP contribution in [-0.4, -0.2) is 26.9 Å². The summed E-state index contributed by atoms with van der Waals surface area (Å²) in [5, 5.41) is 0. The third-order valence-corrected chi connectivity index (χ3v) is 4.97. The van der Waals surface area contributed by atoms with Crippen molar-refractivity contribution in [3.05, 3.63) is 27.7 Å². The molecule has 0 amide bonds. The van der Waals surface area contributed by atoms with Crippen molar-refractivity contribution in [1.29, 1.82) is 0 Å². The number of sulfonamides is 1. The number of rotatable bonds is 4. The van der Waals surface area contributed by atoms with Gasteiger partial charge in [0, 0.05) is 11.1 Å². The summed E-state index contributed by atoms with van der Waals surface area (Å²) in [6.07, 6.45) is 1.59. The average Bonchev–Trinajstić information content (AvgIpc) is 2.75. The van der Waals surface area contributed by atoms with E-state index in [9.17, 15) is 8.42 Å². The molecule has 19 heavy (non-hydrogen) atoms. The van der Waals surface area contributed by atoms with Crippen molar-refractivity contribution < 1.29 is 13.2 Å². The van der Waals surface area contributed by atoms with E-state index in [1.54, 1.807) is 0 Å². The molecule has 1 fully saturated rings. The van der Waals surface area contributed by atoms with E-state index in [2.05, 4.69) is 20.7 Å². The third kappa shape index (κ3) is 3.94. The Hall–Kier alpha value is -0.590. The molecule has 0 saturated carbocycles. The van der Waals surface area contributed by atoms with E-state index in [4.69, 9.17) is 4.74 Å². The van der Waals surface area contributed by atoms with Crippen LogP contribution < -0.4 is 4.72 Å². The van der Waals surface area contributed by atoms with Gasteiger partial charge in [0.2, 0.25) is 10.0 Å². The van der Waals surface area contributed by atoms with E-state index in [1.165, 1.54) is 0 Å². The summed E-state index contributed by atoms with van der Waals surface area (Å²) in [7, 11) is -3.37. The van der Waals surface area contributed by atoms with Crippen LogP contribution in [0.4, 0.5) is 5.69 Å². The van der Waals surface area contributed by atoms with E-state index in [1.807, 2.05) is 26.0 Å². The highest BCUT2D eigenvalue weighted by Gasteiger charge is 2.24. The molecule has 0 spiro atoms. The molecule has 0 bridgehead atoms. The van der Waals surface area contributed by atoms with Crippen molar-refractivity contribution in [2.24, 2.45) is 0 Å². The highest BCUT2D eigenvalue weighted by molar-refractivity contribution is 9.10. The number of halogens is 1. The van der Waals surface area contributed by atoms with Crippen LogP contribution >= 0.6 is 15.9 Å². The first-order valence-corrected chi connectivity index (χ1v) is 8.71. The Kier molecular flexibility index (Phi) is 4.53. The van der Waals surface area contributed by atoms with Gasteiger partial charge in [0.05, 0.1) is 17.5 Å². The molecule has 1 aromatic carbocycles. The lowest BCUT2D eigenvalue weighted by Crippen LogP contribution is -2.26. The van der Waals surface area contributed by atoms with Gasteiger partial charge in [-0.15, -0.1) is 0 Å². The van der Waals surface area contributed by atoms with Crippen molar-refractivity contribution in [2.45, 2.75) is 32.8 Å². The molecule has 6 heteroatoms. The Labute approximate surface area is 122 Å². The maximum Gasteiger partial charge on any atom is 0.235 e. The summed E-state index contributed by atoms with van der Waals surface area (Å²) in [5.74, 6) is 0.0297. The molecule has 1 aromatic rings. The van der Waals surface area contributed by atoms with Crippen molar-refractivity contribution >= 4 is 31.6 Å². The molecule has 1 atom stereocenters. The van der Waals surface area contributed by atoms with Crippen molar-refractivity contribution in [3.63, 3.8) is 0 Å². The summed E-state index contributed by atoms with van der Waals surface area (Å²) in [6, 6.07) is 3.80. The molecular formula is C13H18BrNO3S. The van der Waals surface area contributed by atoms with Crippen molar-refractivity contribution in [2.75, 3.05) is 17.1 Å². The summed E-state index contributed by atoms with van der Waals surface area (Å²) < 4.78 is 33.3. The van der Waals surface area contributed by atoms with Crippen LogP contribution in [0.3, 0.4) is 0 Å². The van der Waals surface area contributed by atoms with Gasteiger partial charge in [-0.05, 0) is 49.9 Å². The summed E-state index contributed by atoms with van der Waals surface area (Å²) in [4.78, 5) is 0. The van der Waals surface area contributed by atoms with E-state index in [0.29, 0.717) is 12.3 Å². The van der Waals surface area contributed by atoms with Gasteiger partial charge in [0.15, 0.2) is 0 Å². The predicted molar refractivity (Wildman–Crippen MR) is 80.0 cm³/mol. The quantitative estimate of drug-likeness (QED) is 0.910. The van der Waals surface area contributed by atoms with Crippen LogP contribution in [0.2, 0.25) is 0 Å². The lowest BCUT2D eigenvalue weighted by Gasteiger charge is -2.16. The van der Waals surface area contributed by atoms with Crippen LogP contribution in [0.1, 0.15) is 24.0 Å². The highest BCUT2D eigenvalue weighted by atomic mass is 79.9. The van der Waals surface area contributed by atoms with Gasteiger partial charge in [-0.3, -0.25) is 4.72 Å². The minimum absolute atomic E-state index is 0.0297. The lowest BCUT2D eigenvalue weighted by molar-refractivity contribution is 0.127. The summed E-state index contributed by atoms with van der Waals surface area (Å²) in [5.41, 5.74) is 2.48. The van der Waals surface area contributed by atoms with Crippen LogP contribution in [0, 0.1) is 13.8 Å². The highest BCUT2D eigenvalue weighted by Crippen LogP contribution is 2.26. The fourth-order valence-electron chi connectivity index (χ4n) is 2.29. The topological polar surface area (TPSA) is 55.4 Å². The molecule has 0 radical (unpaired) electrons. The number of aryl methyl sites for hydroxylation is 2. The van der Waals surface area contributed by atoms with Gasteiger partial charge in [0.1, 0.15) is 0 Å². The van der Waals surface area contributed by atoms with Crippen LogP contribution in [0.25, 0.3) is 0 Å². The summed E-state index contributed by atoms with van der Waals surface area (Å²) >= 11 is 3.40. The molecule has 1 heterocycles. The van der Waals surface area contributed by atoms with E-state index >= 15 is 0 Å². The average molecular weight is 348 g/mol. The number of ether oxygens (including phenoxy) is 1. The minimum Gasteiger partial charge on any atom is -0.377 e. The second-order valence-electron chi connectivity index (χ2n) is 4.93. The maximum atomic E-state index is 12.1. The number of hydrogen-bond acceptors (Lipinski definition) is 3. The Morgan fingerprint density at radius 3 is 2.53 bits per heavy atom. The molecule has 1 N–H and O–H groups in total.